The fourth-order valence-corrected chi connectivity index (χ4v) is 3.34. The minimum atomic E-state index is -0.260. The number of benzene rings is 1. The van der Waals surface area contributed by atoms with Crippen LogP contribution in [-0.2, 0) is 22.6 Å². The number of carbonyl (C=O) groups is 1. The zero-order valence-electron chi connectivity index (χ0n) is 14.4. The number of primary amides is 1. The Kier molecular flexibility index (Phi) is 6.19. The van der Waals surface area contributed by atoms with Crippen molar-refractivity contribution in [1.82, 2.24) is 15.1 Å². The van der Waals surface area contributed by atoms with Crippen molar-refractivity contribution in [3.63, 3.8) is 0 Å². The smallest absolute Gasteiger partial charge is 0.218 e. The molecule has 3 N–H and O–H groups in total. The van der Waals surface area contributed by atoms with E-state index in [4.69, 9.17) is 10.5 Å². The van der Waals surface area contributed by atoms with Gasteiger partial charge in [-0.15, -0.1) is 0 Å². The lowest BCUT2D eigenvalue weighted by Crippen LogP contribution is -2.41. The first-order valence-electron chi connectivity index (χ1n) is 8.85. The van der Waals surface area contributed by atoms with Crippen LogP contribution in [0.2, 0.25) is 0 Å². The molecule has 1 aliphatic rings. The molecule has 1 aliphatic heterocycles. The Morgan fingerprint density at radius 1 is 1.28 bits per heavy atom. The molecule has 0 aliphatic carbocycles. The minimum Gasteiger partial charge on any atom is -0.381 e. The van der Waals surface area contributed by atoms with Gasteiger partial charge in [-0.05, 0) is 24.3 Å². The number of hydrogen-bond donors (Lipinski definition) is 2. The van der Waals surface area contributed by atoms with Gasteiger partial charge in [0.25, 0.3) is 0 Å². The SMILES string of the molecule is NC(=O)C[C@@H](NCc1cnn(Cc2ccccc2)c1)C1CCOCC1. The quantitative estimate of drug-likeness (QED) is 0.765. The summed E-state index contributed by atoms with van der Waals surface area (Å²) < 4.78 is 7.35. The number of nitrogens with one attached hydrogen (secondary N) is 1. The monoisotopic (exact) mass is 342 g/mol. The van der Waals surface area contributed by atoms with Gasteiger partial charge in [0.2, 0.25) is 5.91 Å². The number of nitrogens with two attached hydrogens (primary N) is 1. The second kappa shape index (κ2) is 8.78. The molecule has 1 amide bonds. The van der Waals surface area contributed by atoms with Crippen LogP contribution < -0.4 is 11.1 Å². The van der Waals surface area contributed by atoms with Crippen LogP contribution in [0, 0.1) is 5.92 Å². The first-order chi connectivity index (χ1) is 12.2. The minimum absolute atomic E-state index is 0.0962. The number of aromatic nitrogens is 2. The topological polar surface area (TPSA) is 82.2 Å². The number of ether oxygens (including phenoxy) is 1. The molecule has 0 unspecified atom stereocenters. The van der Waals surface area contributed by atoms with E-state index in [0.717, 1.165) is 38.2 Å². The lowest BCUT2D eigenvalue weighted by molar-refractivity contribution is -0.119. The molecule has 1 atom stereocenters. The Bertz CT molecular complexity index is 665. The number of amides is 1. The van der Waals surface area contributed by atoms with Crippen LogP contribution >= 0.6 is 0 Å². The summed E-state index contributed by atoms with van der Waals surface area (Å²) in [6, 6.07) is 10.4. The third kappa shape index (κ3) is 5.41. The summed E-state index contributed by atoms with van der Waals surface area (Å²) in [5, 5.41) is 7.93. The van der Waals surface area contributed by atoms with Gasteiger partial charge in [-0.1, -0.05) is 30.3 Å². The van der Waals surface area contributed by atoms with Crippen molar-refractivity contribution in [1.29, 1.82) is 0 Å². The van der Waals surface area contributed by atoms with Crippen molar-refractivity contribution < 1.29 is 9.53 Å². The van der Waals surface area contributed by atoms with E-state index in [1.54, 1.807) is 0 Å². The molecule has 25 heavy (non-hydrogen) atoms. The molecule has 1 aromatic heterocycles. The van der Waals surface area contributed by atoms with E-state index in [1.807, 2.05) is 35.3 Å². The van der Waals surface area contributed by atoms with Crippen molar-refractivity contribution in [3.05, 3.63) is 53.9 Å². The van der Waals surface area contributed by atoms with E-state index < -0.39 is 0 Å². The second-order valence-corrected chi connectivity index (χ2v) is 6.64. The Morgan fingerprint density at radius 3 is 2.76 bits per heavy atom. The lowest BCUT2D eigenvalue weighted by Gasteiger charge is -2.30. The van der Waals surface area contributed by atoms with Crippen LogP contribution in [0.5, 0.6) is 0 Å². The van der Waals surface area contributed by atoms with Crippen LogP contribution in [0.4, 0.5) is 0 Å². The normalized spacial score (nSPS) is 16.6. The predicted octanol–water partition coefficient (Wildman–Crippen LogP) is 1.69. The molecule has 1 saturated heterocycles. The Labute approximate surface area is 148 Å². The number of nitrogens with zero attached hydrogens (tertiary/aromatic N) is 2. The Hall–Kier alpha value is -2.18. The van der Waals surface area contributed by atoms with Crippen LogP contribution in [-0.4, -0.2) is 34.9 Å². The van der Waals surface area contributed by atoms with E-state index in [1.165, 1.54) is 5.56 Å². The fourth-order valence-electron chi connectivity index (χ4n) is 3.34. The maximum Gasteiger partial charge on any atom is 0.218 e. The molecular formula is C19H26N4O2. The second-order valence-electron chi connectivity index (χ2n) is 6.64. The average Bonchev–Trinajstić information content (AvgIpc) is 3.07. The highest BCUT2D eigenvalue weighted by Gasteiger charge is 2.25. The van der Waals surface area contributed by atoms with Crippen molar-refractivity contribution in [3.8, 4) is 0 Å². The van der Waals surface area contributed by atoms with Gasteiger partial charge >= 0.3 is 0 Å². The van der Waals surface area contributed by atoms with Crippen molar-refractivity contribution in [2.45, 2.75) is 38.4 Å². The molecule has 134 valence electrons. The highest BCUT2D eigenvalue weighted by Crippen LogP contribution is 2.21. The van der Waals surface area contributed by atoms with E-state index in [0.29, 0.717) is 18.9 Å². The third-order valence-electron chi connectivity index (χ3n) is 4.70. The van der Waals surface area contributed by atoms with Crippen LogP contribution in [0.25, 0.3) is 0 Å². The van der Waals surface area contributed by atoms with Gasteiger partial charge in [0.05, 0.1) is 12.7 Å². The van der Waals surface area contributed by atoms with Gasteiger partial charge in [0.1, 0.15) is 0 Å². The molecule has 0 radical (unpaired) electrons. The molecule has 3 rings (SSSR count). The highest BCUT2D eigenvalue weighted by atomic mass is 16.5. The average molecular weight is 342 g/mol. The standard InChI is InChI=1S/C19H26N4O2/c20-19(24)10-18(17-6-8-25-9-7-17)21-11-16-12-22-23(14-16)13-15-4-2-1-3-5-15/h1-5,12,14,17-18,21H,6-11,13H2,(H2,20,24)/t18-/m1/s1. The Morgan fingerprint density at radius 2 is 2.04 bits per heavy atom. The third-order valence-corrected chi connectivity index (χ3v) is 4.70. The molecule has 0 spiro atoms. The summed E-state index contributed by atoms with van der Waals surface area (Å²) in [6.45, 7) is 2.96. The van der Waals surface area contributed by atoms with Gasteiger partial charge in [0, 0.05) is 44.0 Å². The summed E-state index contributed by atoms with van der Waals surface area (Å²) in [5.74, 6) is 0.171. The highest BCUT2D eigenvalue weighted by molar-refractivity contribution is 5.74. The summed E-state index contributed by atoms with van der Waals surface area (Å²) >= 11 is 0. The van der Waals surface area contributed by atoms with Crippen LogP contribution in [0.15, 0.2) is 42.7 Å². The summed E-state index contributed by atoms with van der Waals surface area (Å²) in [6.07, 6.45) is 6.23. The molecule has 0 saturated carbocycles. The molecule has 6 nitrogen and oxygen atoms in total. The van der Waals surface area contributed by atoms with Gasteiger partial charge in [-0.3, -0.25) is 9.48 Å². The molecule has 1 fully saturated rings. The largest absolute Gasteiger partial charge is 0.381 e. The van der Waals surface area contributed by atoms with Crippen molar-refractivity contribution >= 4 is 5.91 Å². The first-order valence-corrected chi connectivity index (χ1v) is 8.85. The summed E-state index contributed by atoms with van der Waals surface area (Å²) in [5.41, 5.74) is 7.76. The molecule has 2 aromatic rings. The van der Waals surface area contributed by atoms with E-state index in [9.17, 15) is 4.79 Å². The fraction of sp³-hybridized carbons (Fsp3) is 0.474. The zero-order chi connectivity index (χ0) is 17.5. The van der Waals surface area contributed by atoms with E-state index in [-0.39, 0.29) is 11.9 Å². The van der Waals surface area contributed by atoms with Gasteiger partial charge < -0.3 is 15.8 Å². The lowest BCUT2D eigenvalue weighted by atomic mass is 9.89. The molecule has 0 bridgehead atoms. The molecule has 2 heterocycles. The van der Waals surface area contributed by atoms with Crippen LogP contribution in [0.1, 0.15) is 30.4 Å². The predicted molar refractivity (Wildman–Crippen MR) is 95.8 cm³/mol. The number of hydrogen-bond acceptors (Lipinski definition) is 4. The van der Waals surface area contributed by atoms with Crippen molar-refractivity contribution in [2.24, 2.45) is 11.7 Å². The summed E-state index contributed by atoms with van der Waals surface area (Å²) in [7, 11) is 0. The van der Waals surface area contributed by atoms with E-state index in [2.05, 4.69) is 22.5 Å². The van der Waals surface area contributed by atoms with Crippen LogP contribution in [0.3, 0.4) is 0 Å². The number of rotatable bonds is 8. The maximum atomic E-state index is 11.4. The maximum absolute atomic E-state index is 11.4. The van der Waals surface area contributed by atoms with Gasteiger partial charge in [-0.2, -0.15) is 5.10 Å². The van der Waals surface area contributed by atoms with Gasteiger partial charge in [-0.25, -0.2) is 0 Å². The molecule has 1 aromatic carbocycles. The van der Waals surface area contributed by atoms with Crippen molar-refractivity contribution in [2.75, 3.05) is 13.2 Å². The van der Waals surface area contributed by atoms with E-state index >= 15 is 0 Å². The number of carbonyl (C=O) groups excluding carboxylic acids is 1. The Balaban J connectivity index is 1.56. The molecular weight excluding hydrogens is 316 g/mol. The summed E-state index contributed by atoms with van der Waals surface area (Å²) in [4.78, 5) is 11.4. The van der Waals surface area contributed by atoms with Gasteiger partial charge in [0.15, 0.2) is 0 Å². The zero-order valence-corrected chi connectivity index (χ0v) is 14.4. The molecule has 6 heteroatoms. The first kappa shape index (κ1) is 17.6.